The van der Waals surface area contributed by atoms with E-state index in [1.165, 1.54) is 14.0 Å². The van der Waals surface area contributed by atoms with Crippen LogP contribution in [0.2, 0.25) is 0 Å². The average Bonchev–Trinajstić information content (AvgIpc) is 3.84. The molecule has 310 valence electrons. The Labute approximate surface area is 334 Å². The van der Waals surface area contributed by atoms with Crippen molar-refractivity contribution >= 4 is 45.7 Å². The van der Waals surface area contributed by atoms with Gasteiger partial charge in [0.2, 0.25) is 0 Å². The number of methoxy groups -OCH3 is 1. The van der Waals surface area contributed by atoms with E-state index in [1.807, 2.05) is 32.9 Å². The number of aryl methyl sites for hydroxylation is 1. The molecule has 0 saturated heterocycles. The number of allylic oxidation sites excluding steroid dienone is 2. The fraction of sp³-hybridized carbons (Fsp3) is 0.395. The number of amides is 2. The Morgan fingerprint density at radius 1 is 0.814 bits per heavy atom. The summed E-state index contributed by atoms with van der Waals surface area (Å²) in [6, 6.07) is 6.33. The Bertz CT molecular complexity index is 2530. The number of ketones is 1. The van der Waals surface area contributed by atoms with Crippen molar-refractivity contribution in [3.05, 3.63) is 104 Å². The van der Waals surface area contributed by atoms with Crippen molar-refractivity contribution in [3.63, 3.8) is 0 Å². The number of H-pyrrole nitrogens is 2. The number of imide groups is 1. The van der Waals surface area contributed by atoms with Gasteiger partial charge in [0.1, 0.15) is 0 Å². The van der Waals surface area contributed by atoms with Gasteiger partial charge in [-0.3, -0.25) is 29.1 Å². The molecular weight excluding hydrogens is 780 g/mol. The molecule has 8 bridgehead atoms. The first kappa shape index (κ1) is 41.4. The van der Waals surface area contributed by atoms with E-state index in [0.717, 1.165) is 11.4 Å². The van der Waals surface area contributed by atoms with Gasteiger partial charge in [-0.15, -0.1) is 0 Å². The van der Waals surface area contributed by atoms with Gasteiger partial charge >= 0.3 is 18.3 Å². The number of nitrogens with zero attached hydrogens (tertiary/aromatic N) is 3. The van der Waals surface area contributed by atoms with E-state index < -0.39 is 65.2 Å². The van der Waals surface area contributed by atoms with Crippen LogP contribution in [0.5, 0.6) is 0 Å². The molecule has 59 heavy (non-hydrogen) atoms. The number of benzene rings is 1. The lowest BCUT2D eigenvalue weighted by Crippen LogP contribution is -2.40. The van der Waals surface area contributed by atoms with Crippen LogP contribution in [0.1, 0.15) is 155 Å². The third kappa shape index (κ3) is 7.20. The SMILES string of the molecule is CCC1c2cc3[nH]c4c(c5nc(cc6nc(cc([nH]2)[C@@H]1C)C(C(C)=O)=C6C)[C@@H](C)[C@@H]5CCC(=O)OC)C(=O)N(Cc1cc(C(F)(F)F)cc(C(F)(F)F)c1)C(=O)c4c3C. The summed E-state index contributed by atoms with van der Waals surface area (Å²) in [4.78, 5) is 72.2. The highest BCUT2D eigenvalue weighted by Crippen LogP contribution is 2.46. The van der Waals surface area contributed by atoms with Crippen molar-refractivity contribution in [1.29, 1.82) is 0 Å². The summed E-state index contributed by atoms with van der Waals surface area (Å²) < 4.78 is 88.6. The highest BCUT2D eigenvalue weighted by molar-refractivity contribution is 6.27. The van der Waals surface area contributed by atoms with E-state index in [2.05, 4.69) is 9.97 Å². The Morgan fingerprint density at radius 3 is 2.05 bits per heavy atom. The smallest absolute Gasteiger partial charge is 0.416 e. The van der Waals surface area contributed by atoms with Crippen LogP contribution in [0.25, 0.3) is 22.2 Å². The molecule has 0 radical (unpaired) electrons. The van der Waals surface area contributed by atoms with Crippen LogP contribution in [0.4, 0.5) is 26.3 Å². The van der Waals surface area contributed by atoms with Crippen molar-refractivity contribution in [2.45, 2.75) is 103 Å². The van der Waals surface area contributed by atoms with Crippen molar-refractivity contribution in [2.75, 3.05) is 7.11 Å². The highest BCUT2D eigenvalue weighted by Gasteiger charge is 2.43. The summed E-state index contributed by atoms with van der Waals surface area (Å²) in [5, 5.41) is 0. The van der Waals surface area contributed by atoms with Gasteiger partial charge in [0.15, 0.2) is 5.78 Å². The van der Waals surface area contributed by atoms with Crippen molar-refractivity contribution < 1.29 is 50.3 Å². The third-order valence-corrected chi connectivity index (χ3v) is 12.0. The number of nitrogens with one attached hydrogen (secondary N) is 2. The van der Waals surface area contributed by atoms with Gasteiger partial charge in [-0.1, -0.05) is 20.8 Å². The second kappa shape index (κ2) is 14.8. The second-order valence-corrected chi connectivity index (χ2v) is 15.5. The number of fused-ring (bicyclic) bond motifs is 8. The summed E-state index contributed by atoms with van der Waals surface area (Å²) in [5.41, 5.74) is 1.08. The highest BCUT2D eigenvalue weighted by atomic mass is 19.4. The number of carbonyl (C=O) groups excluding carboxylic acids is 4. The van der Waals surface area contributed by atoms with Crippen molar-refractivity contribution in [3.8, 4) is 0 Å². The number of rotatable bonds is 7. The topological polar surface area (TPSA) is 138 Å². The molecule has 0 spiro atoms. The summed E-state index contributed by atoms with van der Waals surface area (Å²) in [6.45, 7) is 9.82. The number of Topliss-reactive ketones (excluding diaryl/α,β-unsaturated/α-hetero) is 1. The van der Waals surface area contributed by atoms with E-state index in [0.29, 0.717) is 62.8 Å². The molecular formula is C43H41F6N5O5. The zero-order valence-corrected chi connectivity index (χ0v) is 33.3. The number of hydrogen-bond acceptors (Lipinski definition) is 7. The molecule has 10 nitrogen and oxygen atoms in total. The summed E-state index contributed by atoms with van der Waals surface area (Å²) in [5.74, 6) is -3.94. The maximum absolute atomic E-state index is 14.9. The molecule has 16 heteroatoms. The van der Waals surface area contributed by atoms with Gasteiger partial charge in [0.25, 0.3) is 11.8 Å². The molecule has 4 atom stereocenters. The van der Waals surface area contributed by atoms with E-state index >= 15 is 0 Å². The van der Waals surface area contributed by atoms with Gasteiger partial charge < -0.3 is 14.7 Å². The molecule has 0 saturated carbocycles. The van der Waals surface area contributed by atoms with Gasteiger partial charge in [-0.05, 0) is 86.7 Å². The van der Waals surface area contributed by atoms with Crippen molar-refractivity contribution in [2.24, 2.45) is 0 Å². The first-order valence-corrected chi connectivity index (χ1v) is 19.1. The predicted octanol–water partition coefficient (Wildman–Crippen LogP) is 9.84. The number of alkyl halides is 6. The maximum atomic E-state index is 14.9. The lowest BCUT2D eigenvalue weighted by Gasteiger charge is -2.27. The van der Waals surface area contributed by atoms with E-state index in [1.54, 1.807) is 19.9 Å². The van der Waals surface area contributed by atoms with Crippen LogP contribution >= 0.6 is 0 Å². The van der Waals surface area contributed by atoms with Crippen molar-refractivity contribution in [1.82, 2.24) is 24.8 Å². The largest absolute Gasteiger partial charge is 0.469 e. The second-order valence-electron chi connectivity index (χ2n) is 15.5. The number of carbonyl (C=O) groups is 4. The molecule has 6 heterocycles. The van der Waals surface area contributed by atoms with Gasteiger partial charge in [-0.25, -0.2) is 4.98 Å². The Kier molecular flexibility index (Phi) is 10.4. The fourth-order valence-electron chi connectivity index (χ4n) is 8.76. The minimum Gasteiger partial charge on any atom is -0.469 e. The van der Waals surface area contributed by atoms with E-state index in [9.17, 15) is 45.5 Å². The summed E-state index contributed by atoms with van der Waals surface area (Å²) in [7, 11) is 1.23. The molecule has 0 fully saturated rings. The molecule has 4 aliphatic heterocycles. The zero-order valence-electron chi connectivity index (χ0n) is 33.3. The van der Waals surface area contributed by atoms with E-state index in [-0.39, 0.29) is 58.9 Å². The number of aromatic amines is 2. The average molecular weight is 822 g/mol. The lowest BCUT2D eigenvalue weighted by atomic mass is 9.84. The molecule has 0 aliphatic carbocycles. The maximum Gasteiger partial charge on any atom is 0.416 e. The predicted molar refractivity (Wildman–Crippen MR) is 205 cm³/mol. The number of halogens is 6. The standard InChI is InChI=1S/C43H41F6N5O5/c1-8-26-18(2)28-16-33-35(22(6)55)20(4)30(51-33)14-29-19(3)27(9-10-34(56)59-7)38(52-29)37-39-36(21(5)31(53-39)15-32(26)50-28)40(57)54(41(37)58)17-23-11-24(42(44,45)46)13-25(12-23)43(47,48)49/h11-16,18-19,26-27,50,53H,8-10,17H2,1-7H3/t18-,19+,26?,27+/m1/s1. The Morgan fingerprint density at radius 2 is 1.46 bits per heavy atom. The molecule has 7 rings (SSSR count). The van der Waals surface area contributed by atoms with Crippen LogP contribution in [-0.2, 0) is 33.2 Å². The Balaban J connectivity index is 1.57. The first-order valence-electron chi connectivity index (χ1n) is 19.1. The molecule has 2 aromatic heterocycles. The molecule has 1 aromatic carbocycles. The minimum absolute atomic E-state index is 0.00277. The quantitative estimate of drug-likeness (QED) is 0.138. The molecule has 2 N–H and O–H groups in total. The normalized spacial score (nSPS) is 20.0. The fourth-order valence-corrected chi connectivity index (χ4v) is 8.76. The van der Waals surface area contributed by atoms with Crippen LogP contribution < -0.4 is 0 Å². The number of aromatic nitrogens is 4. The summed E-state index contributed by atoms with van der Waals surface area (Å²) in [6.07, 6.45) is -9.62. The van der Waals surface area contributed by atoms with Gasteiger partial charge in [0.05, 0.1) is 58.5 Å². The number of esters is 1. The summed E-state index contributed by atoms with van der Waals surface area (Å²) >= 11 is 0. The first-order chi connectivity index (χ1) is 27.6. The lowest BCUT2D eigenvalue weighted by molar-refractivity contribution is -0.143. The third-order valence-electron chi connectivity index (χ3n) is 12.0. The Hall–Kier alpha value is -5.80. The van der Waals surface area contributed by atoms with Crippen LogP contribution in [0.15, 0.2) is 36.4 Å². The van der Waals surface area contributed by atoms with Gasteiger partial charge in [-0.2, -0.15) is 26.3 Å². The molecule has 4 aliphatic rings. The number of hydrogen-bond donors (Lipinski definition) is 2. The van der Waals surface area contributed by atoms with Crippen LogP contribution in [0.3, 0.4) is 0 Å². The molecule has 2 amide bonds. The number of ether oxygens (including phenoxy) is 1. The molecule has 1 unspecified atom stereocenters. The molecule has 3 aromatic rings. The monoisotopic (exact) mass is 821 g/mol. The van der Waals surface area contributed by atoms with E-state index in [4.69, 9.17) is 14.7 Å². The van der Waals surface area contributed by atoms with Gasteiger partial charge in [0, 0.05) is 58.3 Å². The zero-order chi connectivity index (χ0) is 43.0. The minimum atomic E-state index is -5.17. The van der Waals surface area contributed by atoms with Crippen LogP contribution in [-0.4, -0.2) is 55.5 Å². The van der Waals surface area contributed by atoms with Crippen LogP contribution in [0, 0.1) is 6.92 Å².